The van der Waals surface area contributed by atoms with Gasteiger partial charge in [0.2, 0.25) is 0 Å². The van der Waals surface area contributed by atoms with E-state index in [9.17, 15) is 18.0 Å². The standard InChI is InChI=1S/C12H8F3N3O2/c13-7-2-9(15)10(3-8(7)14)18-11-6(12(19)20)1-5(16)4-17-11/h1-4H,16H2,(H,17,18)(H,19,20). The maximum atomic E-state index is 13.5. The van der Waals surface area contributed by atoms with Gasteiger partial charge in [-0.05, 0) is 6.07 Å². The molecule has 0 radical (unpaired) electrons. The molecule has 1 heterocycles. The third-order valence-corrected chi connectivity index (χ3v) is 2.40. The van der Waals surface area contributed by atoms with Crippen molar-refractivity contribution in [3.05, 3.63) is 47.4 Å². The maximum Gasteiger partial charge on any atom is 0.339 e. The van der Waals surface area contributed by atoms with Gasteiger partial charge in [-0.2, -0.15) is 0 Å². The Balaban J connectivity index is 2.45. The highest BCUT2D eigenvalue weighted by molar-refractivity contribution is 5.94. The van der Waals surface area contributed by atoms with E-state index in [1.165, 1.54) is 0 Å². The van der Waals surface area contributed by atoms with Crippen LogP contribution in [-0.4, -0.2) is 16.1 Å². The number of carboxylic acid groups (broad SMARTS) is 1. The maximum absolute atomic E-state index is 13.5. The van der Waals surface area contributed by atoms with Crippen LogP contribution in [-0.2, 0) is 0 Å². The first-order valence-corrected chi connectivity index (χ1v) is 5.29. The Hall–Kier alpha value is -2.77. The van der Waals surface area contributed by atoms with Crippen molar-refractivity contribution >= 4 is 23.2 Å². The molecule has 2 aromatic rings. The number of pyridine rings is 1. The largest absolute Gasteiger partial charge is 0.478 e. The minimum Gasteiger partial charge on any atom is -0.478 e. The van der Waals surface area contributed by atoms with Crippen LogP contribution in [0.25, 0.3) is 0 Å². The first-order chi connectivity index (χ1) is 9.38. The van der Waals surface area contributed by atoms with Crippen molar-refractivity contribution in [2.75, 3.05) is 11.1 Å². The lowest BCUT2D eigenvalue weighted by molar-refractivity contribution is 0.0697. The lowest BCUT2D eigenvalue weighted by Gasteiger charge is -2.10. The third-order valence-electron chi connectivity index (χ3n) is 2.40. The smallest absolute Gasteiger partial charge is 0.339 e. The van der Waals surface area contributed by atoms with Gasteiger partial charge in [-0.15, -0.1) is 0 Å². The van der Waals surface area contributed by atoms with Crippen LogP contribution in [0.1, 0.15) is 10.4 Å². The molecule has 20 heavy (non-hydrogen) atoms. The number of hydrogen-bond acceptors (Lipinski definition) is 4. The van der Waals surface area contributed by atoms with Crippen molar-refractivity contribution < 1.29 is 23.1 Å². The van der Waals surface area contributed by atoms with Gasteiger partial charge in [0.25, 0.3) is 0 Å². The van der Waals surface area contributed by atoms with E-state index >= 15 is 0 Å². The van der Waals surface area contributed by atoms with Crippen LogP contribution in [0, 0.1) is 17.5 Å². The van der Waals surface area contributed by atoms with Gasteiger partial charge in [-0.25, -0.2) is 22.9 Å². The molecule has 0 saturated heterocycles. The third kappa shape index (κ3) is 2.63. The summed E-state index contributed by atoms with van der Waals surface area (Å²) in [6.07, 6.45) is 1.15. The summed E-state index contributed by atoms with van der Waals surface area (Å²) in [5.74, 6) is -5.30. The van der Waals surface area contributed by atoms with E-state index < -0.39 is 29.1 Å². The SMILES string of the molecule is Nc1cnc(Nc2cc(F)c(F)cc2F)c(C(=O)O)c1. The Labute approximate surface area is 110 Å². The van der Waals surface area contributed by atoms with Crippen LogP contribution in [0.3, 0.4) is 0 Å². The molecule has 0 amide bonds. The molecule has 0 saturated carbocycles. The van der Waals surface area contributed by atoms with E-state index in [2.05, 4.69) is 10.3 Å². The minimum absolute atomic E-state index is 0.0960. The summed E-state index contributed by atoms with van der Waals surface area (Å²) in [6.45, 7) is 0. The second kappa shape index (κ2) is 5.08. The van der Waals surface area contributed by atoms with Crippen LogP contribution >= 0.6 is 0 Å². The van der Waals surface area contributed by atoms with Crippen molar-refractivity contribution in [2.24, 2.45) is 0 Å². The zero-order valence-corrected chi connectivity index (χ0v) is 9.82. The predicted octanol–water partition coefficient (Wildman–Crippen LogP) is 2.52. The summed E-state index contributed by atoms with van der Waals surface area (Å²) in [5, 5.41) is 11.3. The van der Waals surface area contributed by atoms with E-state index in [1.54, 1.807) is 0 Å². The molecule has 0 aliphatic heterocycles. The number of benzene rings is 1. The number of nitrogens with two attached hydrogens (primary N) is 1. The van der Waals surface area contributed by atoms with Gasteiger partial charge in [0.15, 0.2) is 11.6 Å². The van der Waals surface area contributed by atoms with Crippen molar-refractivity contribution in [1.29, 1.82) is 0 Å². The number of anilines is 3. The van der Waals surface area contributed by atoms with Gasteiger partial charge >= 0.3 is 5.97 Å². The van der Waals surface area contributed by atoms with E-state index in [4.69, 9.17) is 10.8 Å². The zero-order chi connectivity index (χ0) is 14.9. The average Bonchev–Trinajstić information content (AvgIpc) is 2.37. The van der Waals surface area contributed by atoms with Crippen molar-refractivity contribution in [1.82, 2.24) is 4.98 Å². The monoisotopic (exact) mass is 283 g/mol. The zero-order valence-electron chi connectivity index (χ0n) is 9.82. The van der Waals surface area contributed by atoms with Crippen LogP contribution < -0.4 is 11.1 Å². The lowest BCUT2D eigenvalue weighted by atomic mass is 10.2. The highest BCUT2D eigenvalue weighted by atomic mass is 19.2. The summed E-state index contributed by atoms with van der Waals surface area (Å²) in [7, 11) is 0. The number of nitrogens with zero attached hydrogens (tertiary/aromatic N) is 1. The molecular weight excluding hydrogens is 275 g/mol. The summed E-state index contributed by atoms with van der Waals surface area (Å²) >= 11 is 0. The van der Waals surface area contributed by atoms with Crippen molar-refractivity contribution in [2.45, 2.75) is 0 Å². The number of carbonyl (C=O) groups is 1. The molecule has 8 heteroatoms. The van der Waals surface area contributed by atoms with Gasteiger partial charge in [-0.3, -0.25) is 0 Å². The topological polar surface area (TPSA) is 88.2 Å². The molecule has 1 aromatic carbocycles. The summed E-state index contributed by atoms with van der Waals surface area (Å²) < 4.78 is 39.3. The number of aromatic carboxylic acids is 1. The van der Waals surface area contributed by atoms with Crippen LogP contribution in [0.4, 0.5) is 30.4 Å². The molecule has 104 valence electrons. The van der Waals surface area contributed by atoms with Crippen LogP contribution in [0.15, 0.2) is 24.4 Å². The summed E-state index contributed by atoms with van der Waals surface area (Å²) in [5.41, 5.74) is 4.73. The van der Waals surface area contributed by atoms with Gasteiger partial charge in [0.05, 0.1) is 17.6 Å². The van der Waals surface area contributed by atoms with E-state index in [-0.39, 0.29) is 17.1 Å². The van der Waals surface area contributed by atoms with E-state index in [0.29, 0.717) is 12.1 Å². The van der Waals surface area contributed by atoms with Gasteiger partial charge in [-0.1, -0.05) is 0 Å². The fraction of sp³-hybridized carbons (Fsp3) is 0. The van der Waals surface area contributed by atoms with Gasteiger partial charge in [0.1, 0.15) is 17.2 Å². The minimum atomic E-state index is -1.35. The normalized spacial score (nSPS) is 10.3. The average molecular weight is 283 g/mol. The molecule has 5 nitrogen and oxygen atoms in total. The summed E-state index contributed by atoms with van der Waals surface area (Å²) in [4.78, 5) is 14.7. The number of carboxylic acids is 1. The molecular formula is C12H8F3N3O2. The highest BCUT2D eigenvalue weighted by Gasteiger charge is 2.15. The number of halogens is 3. The number of rotatable bonds is 3. The first-order valence-electron chi connectivity index (χ1n) is 5.29. The van der Waals surface area contributed by atoms with Crippen molar-refractivity contribution in [3.8, 4) is 0 Å². The molecule has 0 bridgehead atoms. The highest BCUT2D eigenvalue weighted by Crippen LogP contribution is 2.24. The lowest BCUT2D eigenvalue weighted by Crippen LogP contribution is -2.07. The molecule has 0 spiro atoms. The number of hydrogen-bond donors (Lipinski definition) is 3. The van der Waals surface area contributed by atoms with Crippen LogP contribution in [0.2, 0.25) is 0 Å². The quantitative estimate of drug-likeness (QED) is 0.753. The second-order valence-corrected chi connectivity index (χ2v) is 3.84. The summed E-state index contributed by atoms with van der Waals surface area (Å²) in [6, 6.07) is 2.01. The van der Waals surface area contributed by atoms with E-state index in [1.807, 2.05) is 0 Å². The van der Waals surface area contributed by atoms with Crippen LogP contribution in [0.5, 0.6) is 0 Å². The van der Waals surface area contributed by atoms with Gasteiger partial charge < -0.3 is 16.2 Å². The molecule has 0 unspecified atom stereocenters. The molecule has 0 aliphatic carbocycles. The number of aromatic nitrogens is 1. The molecule has 4 N–H and O–H groups in total. The molecule has 0 atom stereocenters. The Kier molecular flexibility index (Phi) is 3.47. The van der Waals surface area contributed by atoms with E-state index in [0.717, 1.165) is 12.3 Å². The Morgan fingerprint density at radius 3 is 2.45 bits per heavy atom. The number of nitrogens with one attached hydrogen (secondary N) is 1. The number of nitrogen functional groups attached to an aromatic ring is 1. The van der Waals surface area contributed by atoms with Crippen molar-refractivity contribution in [3.63, 3.8) is 0 Å². The molecule has 1 aromatic heterocycles. The Bertz CT molecular complexity index is 692. The molecule has 0 aliphatic rings. The fourth-order valence-corrected chi connectivity index (χ4v) is 1.49. The molecule has 0 fully saturated rings. The Morgan fingerprint density at radius 2 is 1.80 bits per heavy atom. The molecule has 2 rings (SSSR count). The second-order valence-electron chi connectivity index (χ2n) is 3.84. The van der Waals surface area contributed by atoms with Gasteiger partial charge in [0, 0.05) is 12.1 Å². The predicted molar refractivity (Wildman–Crippen MR) is 65.2 cm³/mol. The fourth-order valence-electron chi connectivity index (χ4n) is 1.49. The first kappa shape index (κ1) is 13.7. The Morgan fingerprint density at radius 1 is 1.15 bits per heavy atom.